The Morgan fingerprint density at radius 2 is 0.629 bits per heavy atom. The van der Waals surface area contributed by atoms with Gasteiger partial charge in [0, 0.05) is 13.0 Å². The molecule has 0 spiro atoms. The van der Waals surface area contributed by atoms with E-state index in [1.807, 2.05) is 12.2 Å². The summed E-state index contributed by atoms with van der Waals surface area (Å²) in [4.78, 5) is 25.5. The molecule has 0 rings (SSSR count). The van der Waals surface area contributed by atoms with Crippen molar-refractivity contribution < 1.29 is 23.8 Å². The molecule has 0 aliphatic heterocycles. The summed E-state index contributed by atoms with van der Waals surface area (Å²) in [5.74, 6) is -0.524. The van der Waals surface area contributed by atoms with Crippen molar-refractivity contribution in [1.29, 1.82) is 0 Å². The Hall–Kier alpha value is -2.40. The first-order valence-electron chi connectivity index (χ1n) is 30.8. The zero-order valence-corrected chi connectivity index (χ0v) is 47.0. The van der Waals surface area contributed by atoms with E-state index in [9.17, 15) is 9.59 Å². The van der Waals surface area contributed by atoms with Crippen LogP contribution in [0.1, 0.15) is 316 Å². The summed E-state index contributed by atoms with van der Waals surface area (Å²) in [5, 5.41) is 0. The lowest BCUT2D eigenvalue weighted by molar-refractivity contribution is -0.162. The Kier molecular flexibility index (Phi) is 58.8. The summed E-state index contributed by atoms with van der Waals surface area (Å²) in [5.41, 5.74) is 0. The fourth-order valence-corrected chi connectivity index (χ4v) is 9.06. The summed E-state index contributed by atoms with van der Waals surface area (Å²) in [6.07, 6.45) is 78.6. The minimum Gasteiger partial charge on any atom is -0.462 e. The summed E-state index contributed by atoms with van der Waals surface area (Å²) in [6, 6.07) is 0. The number of esters is 2. The molecule has 0 aromatic heterocycles. The van der Waals surface area contributed by atoms with E-state index in [1.54, 1.807) is 0 Å². The Bertz CT molecular complexity index is 1200. The number of hydrogen-bond donors (Lipinski definition) is 0. The number of carbonyl (C=O) groups excluding carboxylic acids is 2. The first-order chi connectivity index (χ1) is 34.6. The van der Waals surface area contributed by atoms with Crippen LogP contribution in [-0.2, 0) is 23.8 Å². The summed E-state index contributed by atoms with van der Waals surface area (Å²) in [6.45, 7) is 7.68. The van der Waals surface area contributed by atoms with Crippen molar-refractivity contribution in [2.24, 2.45) is 0 Å². The van der Waals surface area contributed by atoms with E-state index in [1.165, 1.54) is 225 Å². The third-order valence-electron chi connectivity index (χ3n) is 13.6. The second-order valence-electron chi connectivity index (χ2n) is 20.6. The molecule has 0 N–H and O–H groups in total. The Morgan fingerprint density at radius 1 is 0.329 bits per heavy atom. The van der Waals surface area contributed by atoms with Crippen LogP contribution < -0.4 is 0 Å². The topological polar surface area (TPSA) is 61.8 Å². The largest absolute Gasteiger partial charge is 0.462 e. The number of ether oxygens (including phenoxy) is 3. The van der Waals surface area contributed by atoms with Crippen LogP contribution in [0.3, 0.4) is 0 Å². The van der Waals surface area contributed by atoms with E-state index in [0.29, 0.717) is 13.0 Å². The maximum Gasteiger partial charge on any atom is 0.310 e. The first-order valence-corrected chi connectivity index (χ1v) is 30.8. The van der Waals surface area contributed by atoms with Crippen LogP contribution in [0.15, 0.2) is 60.8 Å². The van der Waals surface area contributed by atoms with E-state index in [4.69, 9.17) is 14.2 Å². The number of hydrogen-bond acceptors (Lipinski definition) is 5. The van der Waals surface area contributed by atoms with Gasteiger partial charge in [0.05, 0.1) is 13.0 Å². The third-order valence-corrected chi connectivity index (χ3v) is 13.6. The lowest BCUT2D eigenvalue weighted by atomic mass is 10.0. The average molecular weight is 980 g/mol. The molecule has 5 nitrogen and oxygen atoms in total. The molecule has 0 aromatic rings. The molecule has 0 amide bonds. The van der Waals surface area contributed by atoms with Crippen molar-refractivity contribution in [3.63, 3.8) is 0 Å². The highest BCUT2D eigenvalue weighted by molar-refractivity contribution is 5.71. The van der Waals surface area contributed by atoms with Gasteiger partial charge in [-0.1, -0.05) is 319 Å². The molecule has 0 saturated carbocycles. The third kappa shape index (κ3) is 58.2. The van der Waals surface area contributed by atoms with Crippen LogP contribution in [-0.4, -0.2) is 37.9 Å². The van der Waals surface area contributed by atoms with E-state index in [2.05, 4.69) is 69.4 Å². The second-order valence-corrected chi connectivity index (χ2v) is 20.6. The van der Waals surface area contributed by atoms with Gasteiger partial charge in [-0.25, -0.2) is 0 Å². The van der Waals surface area contributed by atoms with Crippen LogP contribution in [0.25, 0.3) is 0 Å². The standard InChI is InChI=1S/C65H118O5/c1-4-7-10-13-16-19-22-25-28-30-32-34-36-39-42-45-48-51-54-57-60-68-61-63(70-65(67)59-56-53-50-47-44-41-37-27-24-21-18-15-12-9-6-3)62-69-64(66)58-55-52-49-46-43-40-38-35-33-31-29-26-23-20-17-14-11-8-5-2/h9,12,18,21,27,37,44,47,53,56,63H,4-8,10-11,13-17,19-20,22-26,28-36,38-43,45-46,48-52,54-55,57-62H2,1-3H3/b12-9-,21-18-,37-27-,47-44-,56-53-. The Labute approximate surface area is 436 Å². The minimum atomic E-state index is -0.589. The van der Waals surface area contributed by atoms with E-state index in [0.717, 1.165) is 57.8 Å². The van der Waals surface area contributed by atoms with Gasteiger partial charge in [-0.05, 0) is 44.9 Å². The predicted octanol–water partition coefficient (Wildman–Crippen LogP) is 21.2. The van der Waals surface area contributed by atoms with Gasteiger partial charge in [0.2, 0.25) is 0 Å². The SMILES string of the molecule is CC/C=C\C/C=C\C/C=C\C/C=C\C/C=C\CC(=O)OC(COCCCCCCCCCCCCCCCCCCCCCC)COC(=O)CCCCCCCCCCCCCCCCCCCCC. The minimum absolute atomic E-state index is 0.0502. The van der Waals surface area contributed by atoms with Crippen LogP contribution in [0.4, 0.5) is 0 Å². The molecule has 5 heteroatoms. The maximum atomic E-state index is 12.8. The molecule has 70 heavy (non-hydrogen) atoms. The van der Waals surface area contributed by atoms with Crippen molar-refractivity contribution in [3.8, 4) is 0 Å². The molecule has 0 saturated heterocycles. The maximum absolute atomic E-state index is 12.8. The quantitative estimate of drug-likeness (QED) is 0.0345. The fourth-order valence-electron chi connectivity index (χ4n) is 9.06. The molecule has 0 fully saturated rings. The number of unbranched alkanes of at least 4 members (excludes halogenated alkanes) is 37. The second kappa shape index (κ2) is 60.9. The molecule has 0 heterocycles. The van der Waals surface area contributed by atoms with Gasteiger partial charge >= 0.3 is 11.9 Å². The smallest absolute Gasteiger partial charge is 0.310 e. The van der Waals surface area contributed by atoms with Crippen LogP contribution in [0.5, 0.6) is 0 Å². The lowest BCUT2D eigenvalue weighted by Crippen LogP contribution is -2.29. The van der Waals surface area contributed by atoms with Crippen LogP contribution in [0.2, 0.25) is 0 Å². The summed E-state index contributed by atoms with van der Waals surface area (Å²) < 4.78 is 17.4. The summed E-state index contributed by atoms with van der Waals surface area (Å²) >= 11 is 0. The molecule has 1 atom stereocenters. The molecule has 0 bridgehead atoms. The van der Waals surface area contributed by atoms with Gasteiger partial charge < -0.3 is 14.2 Å². The molecule has 1 unspecified atom stereocenters. The molecule has 0 aliphatic carbocycles. The Balaban J connectivity index is 4.28. The molecule has 0 radical (unpaired) electrons. The van der Waals surface area contributed by atoms with Gasteiger partial charge in [-0.15, -0.1) is 0 Å². The fraction of sp³-hybridized carbons (Fsp3) is 0.815. The normalized spacial score (nSPS) is 12.6. The molecule has 0 aromatic carbocycles. The van der Waals surface area contributed by atoms with Crippen molar-refractivity contribution in [2.45, 2.75) is 322 Å². The van der Waals surface area contributed by atoms with Gasteiger partial charge in [0.25, 0.3) is 0 Å². The molecule has 0 aliphatic rings. The highest BCUT2D eigenvalue weighted by Crippen LogP contribution is 2.17. The van der Waals surface area contributed by atoms with Crippen molar-refractivity contribution in [2.75, 3.05) is 19.8 Å². The molecule has 408 valence electrons. The first kappa shape index (κ1) is 67.6. The predicted molar refractivity (Wildman–Crippen MR) is 307 cm³/mol. The monoisotopic (exact) mass is 979 g/mol. The molecular weight excluding hydrogens is 861 g/mol. The molecular formula is C65H118O5. The highest BCUT2D eigenvalue weighted by Gasteiger charge is 2.17. The van der Waals surface area contributed by atoms with E-state index in [-0.39, 0.29) is 31.6 Å². The van der Waals surface area contributed by atoms with Gasteiger partial charge in [0.15, 0.2) is 6.10 Å². The van der Waals surface area contributed by atoms with E-state index >= 15 is 0 Å². The van der Waals surface area contributed by atoms with E-state index < -0.39 is 6.10 Å². The summed E-state index contributed by atoms with van der Waals surface area (Å²) in [7, 11) is 0. The number of allylic oxidation sites excluding steroid dienone is 9. The van der Waals surface area contributed by atoms with Crippen molar-refractivity contribution >= 4 is 11.9 Å². The van der Waals surface area contributed by atoms with Gasteiger partial charge in [0.1, 0.15) is 6.61 Å². The average Bonchev–Trinajstić information content (AvgIpc) is 3.36. The highest BCUT2D eigenvalue weighted by atomic mass is 16.6. The zero-order valence-electron chi connectivity index (χ0n) is 47.0. The lowest BCUT2D eigenvalue weighted by Gasteiger charge is -2.18. The zero-order chi connectivity index (χ0) is 50.6. The van der Waals surface area contributed by atoms with Gasteiger partial charge in [-0.3, -0.25) is 9.59 Å². The van der Waals surface area contributed by atoms with Crippen LogP contribution in [0, 0.1) is 0 Å². The Morgan fingerprint density at radius 3 is 0.971 bits per heavy atom. The van der Waals surface area contributed by atoms with Crippen molar-refractivity contribution in [3.05, 3.63) is 60.8 Å². The van der Waals surface area contributed by atoms with Gasteiger partial charge in [-0.2, -0.15) is 0 Å². The van der Waals surface area contributed by atoms with Crippen molar-refractivity contribution in [1.82, 2.24) is 0 Å². The van der Waals surface area contributed by atoms with Crippen LogP contribution >= 0.6 is 0 Å². The number of carbonyl (C=O) groups is 2. The number of rotatable bonds is 57.